The first kappa shape index (κ1) is 11.9. The first-order chi connectivity index (χ1) is 7.70. The zero-order valence-electron chi connectivity index (χ0n) is 10.4. The smallest absolute Gasteiger partial charge is 0.108 e. The molecule has 3 nitrogen and oxygen atoms in total. The fraction of sp³-hybridized carbons (Fsp3) is 0.923. The normalized spacial score (nSPS) is 28.2. The van der Waals surface area contributed by atoms with Gasteiger partial charge in [-0.05, 0) is 38.1 Å². The Hall–Kier alpha value is -0.590. The van der Waals surface area contributed by atoms with Crippen molar-refractivity contribution in [2.45, 2.75) is 57.7 Å². The Labute approximate surface area is 98.8 Å². The lowest BCUT2D eigenvalue weighted by atomic mass is 10.0. The van der Waals surface area contributed by atoms with Crippen LogP contribution in [0.4, 0.5) is 0 Å². The largest absolute Gasteiger partial charge is 0.298 e. The summed E-state index contributed by atoms with van der Waals surface area (Å²) in [6.07, 6.45) is 5.11. The second kappa shape index (κ2) is 5.16. The summed E-state index contributed by atoms with van der Waals surface area (Å²) in [4.78, 5) is 2.51. The minimum absolute atomic E-state index is 0.0341. The van der Waals surface area contributed by atoms with Gasteiger partial charge in [0.1, 0.15) is 6.04 Å². The Morgan fingerprint density at radius 1 is 1.38 bits per heavy atom. The van der Waals surface area contributed by atoms with Gasteiger partial charge in [-0.1, -0.05) is 13.8 Å². The van der Waals surface area contributed by atoms with Crippen molar-refractivity contribution in [2.75, 3.05) is 13.1 Å². The van der Waals surface area contributed by atoms with E-state index >= 15 is 0 Å². The maximum atomic E-state index is 9.15. The van der Waals surface area contributed by atoms with Crippen LogP contribution in [0.1, 0.15) is 39.5 Å². The van der Waals surface area contributed by atoms with Crippen molar-refractivity contribution in [1.82, 2.24) is 10.2 Å². The van der Waals surface area contributed by atoms with E-state index in [0.29, 0.717) is 18.0 Å². The average Bonchev–Trinajstić information content (AvgIpc) is 2.93. The van der Waals surface area contributed by atoms with Gasteiger partial charge in [-0.25, -0.2) is 0 Å². The summed E-state index contributed by atoms with van der Waals surface area (Å²) >= 11 is 0. The molecule has 1 heterocycles. The van der Waals surface area contributed by atoms with Crippen LogP contribution in [0.15, 0.2) is 0 Å². The molecule has 1 saturated carbocycles. The number of hydrogen-bond donors (Lipinski definition) is 1. The molecule has 0 radical (unpaired) electrons. The summed E-state index contributed by atoms with van der Waals surface area (Å²) in [5.41, 5.74) is 0. The molecule has 16 heavy (non-hydrogen) atoms. The highest BCUT2D eigenvalue weighted by molar-refractivity contribution is 4.99. The quantitative estimate of drug-likeness (QED) is 0.769. The Kier molecular flexibility index (Phi) is 3.83. The van der Waals surface area contributed by atoms with Gasteiger partial charge in [0.05, 0.1) is 6.07 Å². The summed E-state index contributed by atoms with van der Waals surface area (Å²) in [7, 11) is 0. The standard InChI is InChI=1S/C13H23N3/c1-10(2)13-4-3-7-16(13)9-12(8-14)15-11-5-6-11/h10-13,15H,3-7,9H2,1-2H3. The number of nitrogens with zero attached hydrogens (tertiary/aromatic N) is 2. The number of likely N-dealkylation sites (tertiary alicyclic amines) is 1. The van der Waals surface area contributed by atoms with E-state index in [1.165, 1.54) is 32.2 Å². The van der Waals surface area contributed by atoms with E-state index in [1.807, 2.05) is 0 Å². The summed E-state index contributed by atoms with van der Waals surface area (Å²) in [5, 5.41) is 12.6. The molecule has 1 aliphatic carbocycles. The van der Waals surface area contributed by atoms with Gasteiger partial charge in [0.2, 0.25) is 0 Å². The Morgan fingerprint density at radius 3 is 2.69 bits per heavy atom. The Morgan fingerprint density at radius 2 is 2.12 bits per heavy atom. The Bertz CT molecular complexity index is 265. The van der Waals surface area contributed by atoms with Crippen molar-refractivity contribution in [2.24, 2.45) is 5.92 Å². The van der Waals surface area contributed by atoms with Gasteiger partial charge in [-0.2, -0.15) is 5.26 Å². The summed E-state index contributed by atoms with van der Waals surface area (Å²) < 4.78 is 0. The van der Waals surface area contributed by atoms with Crippen LogP contribution < -0.4 is 5.32 Å². The van der Waals surface area contributed by atoms with Gasteiger partial charge in [0, 0.05) is 18.6 Å². The van der Waals surface area contributed by atoms with Crippen molar-refractivity contribution in [3.8, 4) is 6.07 Å². The first-order valence-electron chi connectivity index (χ1n) is 6.60. The molecule has 2 unspecified atom stereocenters. The molecule has 0 spiro atoms. The third kappa shape index (κ3) is 2.96. The van der Waals surface area contributed by atoms with Gasteiger partial charge in [-0.3, -0.25) is 10.2 Å². The molecule has 3 heteroatoms. The van der Waals surface area contributed by atoms with Gasteiger partial charge >= 0.3 is 0 Å². The molecule has 2 fully saturated rings. The van der Waals surface area contributed by atoms with E-state index < -0.39 is 0 Å². The third-order valence-corrected chi connectivity index (χ3v) is 3.77. The molecular weight excluding hydrogens is 198 g/mol. The molecule has 0 aromatic carbocycles. The van der Waals surface area contributed by atoms with Crippen LogP contribution in [0.5, 0.6) is 0 Å². The van der Waals surface area contributed by atoms with E-state index in [2.05, 4.69) is 30.1 Å². The molecule has 90 valence electrons. The van der Waals surface area contributed by atoms with Gasteiger partial charge in [-0.15, -0.1) is 0 Å². The SMILES string of the molecule is CC(C)C1CCCN1CC(C#N)NC1CC1. The topological polar surface area (TPSA) is 39.1 Å². The number of nitrogens with one attached hydrogen (secondary N) is 1. The minimum Gasteiger partial charge on any atom is -0.298 e. The first-order valence-corrected chi connectivity index (χ1v) is 6.60. The zero-order valence-corrected chi connectivity index (χ0v) is 10.4. The van der Waals surface area contributed by atoms with Gasteiger partial charge < -0.3 is 0 Å². The van der Waals surface area contributed by atoms with E-state index in [1.54, 1.807) is 0 Å². The molecule has 2 rings (SSSR count). The van der Waals surface area contributed by atoms with E-state index in [-0.39, 0.29) is 6.04 Å². The highest BCUT2D eigenvalue weighted by atomic mass is 15.2. The van der Waals surface area contributed by atoms with E-state index in [4.69, 9.17) is 5.26 Å². The van der Waals surface area contributed by atoms with Crippen LogP contribution in [-0.4, -0.2) is 36.1 Å². The number of nitriles is 1. The van der Waals surface area contributed by atoms with Crippen LogP contribution in [0.3, 0.4) is 0 Å². The lowest BCUT2D eigenvalue weighted by Gasteiger charge is -2.29. The predicted octanol–water partition coefficient (Wildman–Crippen LogP) is 1.75. The molecule has 0 aromatic rings. The second-order valence-corrected chi connectivity index (χ2v) is 5.57. The maximum Gasteiger partial charge on any atom is 0.108 e. The average molecular weight is 221 g/mol. The zero-order chi connectivity index (χ0) is 11.5. The fourth-order valence-electron chi connectivity index (χ4n) is 2.73. The molecule has 0 aromatic heterocycles. The lowest BCUT2D eigenvalue weighted by molar-refractivity contribution is 0.196. The molecule has 1 N–H and O–H groups in total. The molecule has 1 aliphatic heterocycles. The molecule has 0 amide bonds. The highest BCUT2D eigenvalue weighted by Gasteiger charge is 2.31. The van der Waals surface area contributed by atoms with E-state index in [0.717, 1.165) is 6.54 Å². The van der Waals surface area contributed by atoms with Crippen LogP contribution in [0, 0.1) is 17.2 Å². The van der Waals surface area contributed by atoms with Crippen molar-refractivity contribution in [3.63, 3.8) is 0 Å². The molecule has 0 bridgehead atoms. The third-order valence-electron chi connectivity index (χ3n) is 3.77. The fourth-order valence-corrected chi connectivity index (χ4v) is 2.73. The molecular formula is C13H23N3. The van der Waals surface area contributed by atoms with Crippen molar-refractivity contribution < 1.29 is 0 Å². The molecule has 2 aliphatic rings. The monoisotopic (exact) mass is 221 g/mol. The second-order valence-electron chi connectivity index (χ2n) is 5.57. The minimum atomic E-state index is 0.0341. The Balaban J connectivity index is 1.84. The van der Waals surface area contributed by atoms with Crippen molar-refractivity contribution in [1.29, 1.82) is 5.26 Å². The van der Waals surface area contributed by atoms with Crippen LogP contribution in [0.2, 0.25) is 0 Å². The highest BCUT2D eigenvalue weighted by Crippen LogP contribution is 2.24. The van der Waals surface area contributed by atoms with Crippen LogP contribution in [-0.2, 0) is 0 Å². The summed E-state index contributed by atoms with van der Waals surface area (Å²) in [6, 6.07) is 3.76. The number of rotatable bonds is 5. The number of hydrogen-bond acceptors (Lipinski definition) is 3. The summed E-state index contributed by atoms with van der Waals surface area (Å²) in [6.45, 7) is 6.67. The van der Waals surface area contributed by atoms with Crippen molar-refractivity contribution >= 4 is 0 Å². The lowest BCUT2D eigenvalue weighted by Crippen LogP contribution is -2.44. The summed E-state index contributed by atoms with van der Waals surface area (Å²) in [5.74, 6) is 0.711. The predicted molar refractivity (Wildman–Crippen MR) is 65.0 cm³/mol. The van der Waals surface area contributed by atoms with E-state index in [9.17, 15) is 0 Å². The van der Waals surface area contributed by atoms with Crippen LogP contribution >= 0.6 is 0 Å². The van der Waals surface area contributed by atoms with Gasteiger partial charge in [0.15, 0.2) is 0 Å². The molecule has 2 atom stereocenters. The maximum absolute atomic E-state index is 9.15. The molecule has 1 saturated heterocycles. The van der Waals surface area contributed by atoms with Crippen molar-refractivity contribution in [3.05, 3.63) is 0 Å². The van der Waals surface area contributed by atoms with Crippen LogP contribution in [0.25, 0.3) is 0 Å². The van der Waals surface area contributed by atoms with Gasteiger partial charge in [0.25, 0.3) is 0 Å².